The highest BCUT2D eigenvalue weighted by molar-refractivity contribution is 9.10. The van der Waals surface area contributed by atoms with Crippen LogP contribution in [0.2, 0.25) is 0 Å². The SMILES string of the molecule is CCC(=O)N1CCc2cc(Br)c(S(=O)(=O)N3CCCC(C(=O)Nc4ccc(F)c(F)c4)C3)cc21. The first-order valence-corrected chi connectivity index (χ1v) is 13.2. The summed E-state index contributed by atoms with van der Waals surface area (Å²) in [6.07, 6.45) is 1.90. The van der Waals surface area contributed by atoms with Gasteiger partial charge in [-0.05, 0) is 65.0 Å². The van der Waals surface area contributed by atoms with Gasteiger partial charge >= 0.3 is 0 Å². The van der Waals surface area contributed by atoms with E-state index in [1.54, 1.807) is 17.9 Å². The Morgan fingerprint density at radius 2 is 1.91 bits per heavy atom. The number of hydrogen-bond acceptors (Lipinski definition) is 4. The number of anilines is 2. The molecule has 2 amide bonds. The second-order valence-electron chi connectivity index (χ2n) is 8.38. The minimum atomic E-state index is -3.96. The third kappa shape index (κ3) is 4.73. The Labute approximate surface area is 205 Å². The van der Waals surface area contributed by atoms with Gasteiger partial charge in [0.1, 0.15) is 0 Å². The number of carbonyl (C=O) groups excluding carboxylic acids is 2. The molecule has 1 N–H and O–H groups in total. The molecule has 7 nitrogen and oxygen atoms in total. The van der Waals surface area contributed by atoms with Gasteiger partial charge in [0, 0.05) is 48.0 Å². The monoisotopic (exact) mass is 555 g/mol. The quantitative estimate of drug-likeness (QED) is 0.602. The Morgan fingerprint density at radius 1 is 1.15 bits per heavy atom. The van der Waals surface area contributed by atoms with Gasteiger partial charge in [0.2, 0.25) is 21.8 Å². The van der Waals surface area contributed by atoms with Gasteiger partial charge in [-0.25, -0.2) is 17.2 Å². The standard InChI is InChI=1S/C23H24BrF2N3O4S/c1-2-22(30)29-9-7-14-10-17(24)21(12-20(14)29)34(32,33)28-8-3-4-15(13-28)23(31)27-16-5-6-18(25)19(26)11-16/h5-6,10-12,15H,2-4,7-9,13H2,1H3,(H,27,31). The second-order valence-corrected chi connectivity index (χ2v) is 11.1. The third-order valence-electron chi connectivity index (χ3n) is 6.19. The maximum absolute atomic E-state index is 13.5. The van der Waals surface area contributed by atoms with Crippen LogP contribution in [0.15, 0.2) is 39.7 Å². The number of hydrogen-bond donors (Lipinski definition) is 1. The van der Waals surface area contributed by atoms with Gasteiger partial charge in [-0.1, -0.05) is 6.92 Å². The molecule has 2 heterocycles. The molecule has 1 fully saturated rings. The second kappa shape index (κ2) is 9.71. The number of fused-ring (bicyclic) bond motifs is 1. The summed E-state index contributed by atoms with van der Waals surface area (Å²) >= 11 is 3.37. The van der Waals surface area contributed by atoms with Gasteiger partial charge in [-0.3, -0.25) is 9.59 Å². The zero-order valence-corrected chi connectivity index (χ0v) is 20.9. The minimum absolute atomic E-state index is 0.0427. The molecule has 0 radical (unpaired) electrons. The summed E-state index contributed by atoms with van der Waals surface area (Å²) in [5.41, 5.74) is 1.60. The largest absolute Gasteiger partial charge is 0.326 e. The van der Waals surface area contributed by atoms with E-state index in [2.05, 4.69) is 21.2 Å². The van der Waals surface area contributed by atoms with Crippen LogP contribution >= 0.6 is 15.9 Å². The predicted octanol–water partition coefficient (Wildman–Crippen LogP) is 4.07. The van der Waals surface area contributed by atoms with Crippen LogP contribution in [0.3, 0.4) is 0 Å². The molecule has 1 unspecified atom stereocenters. The summed E-state index contributed by atoms with van der Waals surface area (Å²) in [6.45, 7) is 2.47. The lowest BCUT2D eigenvalue weighted by molar-refractivity contribution is -0.121. The Balaban J connectivity index is 1.55. The summed E-state index contributed by atoms with van der Waals surface area (Å²) in [5.74, 6) is -3.28. The topological polar surface area (TPSA) is 86.8 Å². The highest BCUT2D eigenvalue weighted by Gasteiger charge is 2.36. The number of benzene rings is 2. The smallest absolute Gasteiger partial charge is 0.244 e. The number of nitrogens with zero attached hydrogens (tertiary/aromatic N) is 2. The summed E-state index contributed by atoms with van der Waals surface area (Å²) in [7, 11) is -3.96. The Bertz CT molecular complexity index is 1260. The molecule has 0 aliphatic carbocycles. The van der Waals surface area contributed by atoms with E-state index in [1.165, 1.54) is 16.4 Å². The van der Waals surface area contributed by atoms with Gasteiger partial charge in [-0.15, -0.1) is 0 Å². The molecule has 2 aromatic carbocycles. The van der Waals surface area contributed by atoms with Crippen LogP contribution in [-0.4, -0.2) is 44.2 Å². The van der Waals surface area contributed by atoms with Crippen molar-refractivity contribution >= 4 is 49.1 Å². The van der Waals surface area contributed by atoms with Crippen molar-refractivity contribution in [1.82, 2.24) is 4.31 Å². The van der Waals surface area contributed by atoms with Gasteiger partial charge in [0.25, 0.3) is 0 Å². The maximum atomic E-state index is 13.5. The molecule has 0 saturated carbocycles. The van der Waals surface area contributed by atoms with Crippen molar-refractivity contribution in [2.45, 2.75) is 37.5 Å². The molecular formula is C23H24BrF2N3O4S. The van der Waals surface area contributed by atoms with E-state index in [9.17, 15) is 26.8 Å². The van der Waals surface area contributed by atoms with E-state index < -0.39 is 33.5 Å². The summed E-state index contributed by atoms with van der Waals surface area (Å²) in [4.78, 5) is 26.7. The molecule has 2 aliphatic heterocycles. The molecule has 0 spiro atoms. The molecule has 2 aromatic rings. The minimum Gasteiger partial charge on any atom is -0.326 e. The fraction of sp³-hybridized carbons (Fsp3) is 0.391. The van der Waals surface area contributed by atoms with Crippen LogP contribution in [0.25, 0.3) is 0 Å². The van der Waals surface area contributed by atoms with Gasteiger partial charge < -0.3 is 10.2 Å². The number of carbonyl (C=O) groups is 2. The van der Waals surface area contributed by atoms with Crippen molar-refractivity contribution in [2.75, 3.05) is 29.9 Å². The number of rotatable bonds is 5. The molecule has 0 aromatic heterocycles. The van der Waals surface area contributed by atoms with Crippen molar-refractivity contribution in [2.24, 2.45) is 5.92 Å². The lowest BCUT2D eigenvalue weighted by atomic mass is 9.98. The predicted molar refractivity (Wildman–Crippen MR) is 127 cm³/mol. The molecule has 182 valence electrons. The van der Waals surface area contributed by atoms with Crippen LogP contribution in [0.1, 0.15) is 31.7 Å². The average Bonchev–Trinajstić information content (AvgIpc) is 3.23. The molecule has 1 saturated heterocycles. The van der Waals surface area contributed by atoms with E-state index in [0.717, 1.165) is 17.7 Å². The molecule has 11 heteroatoms. The fourth-order valence-corrected chi connectivity index (χ4v) is 6.96. The number of amides is 2. The highest BCUT2D eigenvalue weighted by atomic mass is 79.9. The fourth-order valence-electron chi connectivity index (χ4n) is 4.37. The van der Waals surface area contributed by atoms with Crippen LogP contribution < -0.4 is 10.2 Å². The summed E-state index contributed by atoms with van der Waals surface area (Å²) in [5, 5.41) is 2.54. The molecule has 34 heavy (non-hydrogen) atoms. The maximum Gasteiger partial charge on any atom is 0.244 e. The van der Waals surface area contributed by atoms with Crippen LogP contribution in [0.5, 0.6) is 0 Å². The number of sulfonamides is 1. The highest BCUT2D eigenvalue weighted by Crippen LogP contribution is 2.37. The number of piperidine rings is 1. The lowest BCUT2D eigenvalue weighted by Crippen LogP contribution is -2.43. The van der Waals surface area contributed by atoms with Gasteiger partial charge in [0.05, 0.1) is 10.8 Å². The first kappa shape index (κ1) is 24.7. The van der Waals surface area contributed by atoms with E-state index >= 15 is 0 Å². The first-order valence-electron chi connectivity index (χ1n) is 11.0. The molecule has 0 bridgehead atoms. The summed E-state index contributed by atoms with van der Waals surface area (Å²) in [6, 6.07) is 6.32. The zero-order chi connectivity index (χ0) is 24.6. The number of nitrogens with one attached hydrogen (secondary N) is 1. The Hall–Kier alpha value is -2.37. The van der Waals surface area contributed by atoms with E-state index in [-0.39, 0.29) is 29.6 Å². The third-order valence-corrected chi connectivity index (χ3v) is 9.02. The van der Waals surface area contributed by atoms with E-state index in [4.69, 9.17) is 0 Å². The average molecular weight is 556 g/mol. The van der Waals surface area contributed by atoms with Crippen LogP contribution in [0, 0.1) is 17.6 Å². The van der Waals surface area contributed by atoms with Gasteiger partial charge in [-0.2, -0.15) is 4.31 Å². The molecule has 2 aliphatic rings. The van der Waals surface area contributed by atoms with Crippen LogP contribution in [0.4, 0.5) is 20.2 Å². The van der Waals surface area contributed by atoms with Crippen LogP contribution in [-0.2, 0) is 26.0 Å². The molecule has 1 atom stereocenters. The first-order chi connectivity index (χ1) is 16.1. The van der Waals surface area contributed by atoms with Crippen molar-refractivity contribution in [1.29, 1.82) is 0 Å². The van der Waals surface area contributed by atoms with Crippen molar-refractivity contribution in [3.8, 4) is 0 Å². The lowest BCUT2D eigenvalue weighted by Gasteiger charge is -2.31. The number of halogens is 3. The normalized spacial score (nSPS) is 18.6. The van der Waals surface area contributed by atoms with Crippen molar-refractivity contribution in [3.05, 3.63) is 52.0 Å². The van der Waals surface area contributed by atoms with Crippen molar-refractivity contribution < 1.29 is 26.8 Å². The zero-order valence-electron chi connectivity index (χ0n) is 18.5. The van der Waals surface area contributed by atoms with Gasteiger partial charge in [0.15, 0.2) is 11.6 Å². The molecule has 4 rings (SSSR count). The van der Waals surface area contributed by atoms with E-state index in [1.807, 2.05) is 0 Å². The van der Waals surface area contributed by atoms with E-state index in [0.29, 0.717) is 42.4 Å². The molecular weight excluding hydrogens is 532 g/mol. The Morgan fingerprint density at radius 3 is 2.62 bits per heavy atom. The Kier molecular flexibility index (Phi) is 7.07. The van der Waals surface area contributed by atoms with Crippen molar-refractivity contribution in [3.63, 3.8) is 0 Å². The summed E-state index contributed by atoms with van der Waals surface area (Å²) < 4.78 is 55.4.